The van der Waals surface area contributed by atoms with Gasteiger partial charge >= 0.3 is 0 Å². The van der Waals surface area contributed by atoms with E-state index >= 15 is 0 Å². The summed E-state index contributed by atoms with van der Waals surface area (Å²) in [7, 11) is -0.811. The van der Waals surface area contributed by atoms with Crippen molar-refractivity contribution < 1.29 is 17.8 Å². The van der Waals surface area contributed by atoms with E-state index in [0.29, 0.717) is 12.8 Å². The summed E-state index contributed by atoms with van der Waals surface area (Å²) in [5, 5.41) is 0.210. The average molecular weight is 298 g/mol. The fourth-order valence-corrected chi connectivity index (χ4v) is 5.44. The van der Waals surface area contributed by atoms with Crippen LogP contribution < -0.4 is 0 Å². The smallest absolute Gasteiger partial charge is 0.140 e. The molecular formula is C15H16F2O2S. The minimum Gasteiger partial charge on any atom is -0.299 e. The number of halogens is 2. The van der Waals surface area contributed by atoms with Crippen LogP contribution in [0.25, 0.3) is 0 Å². The zero-order valence-electron chi connectivity index (χ0n) is 11.0. The molecule has 0 amide bonds. The van der Waals surface area contributed by atoms with E-state index in [1.165, 1.54) is 18.2 Å². The van der Waals surface area contributed by atoms with Crippen LogP contribution in [0.2, 0.25) is 0 Å². The maximum absolute atomic E-state index is 13.6. The molecule has 0 aromatic heterocycles. The van der Waals surface area contributed by atoms with Crippen LogP contribution in [0.5, 0.6) is 0 Å². The highest BCUT2D eigenvalue weighted by Gasteiger charge is 2.42. The van der Waals surface area contributed by atoms with E-state index in [1.807, 2.05) is 0 Å². The summed E-state index contributed by atoms with van der Waals surface area (Å²) in [5.41, 5.74) is -0.142. The Balaban J connectivity index is 1.73. The molecule has 2 aliphatic rings. The first kappa shape index (κ1) is 13.9. The van der Waals surface area contributed by atoms with Crippen LogP contribution in [0.1, 0.15) is 31.2 Å². The summed E-state index contributed by atoms with van der Waals surface area (Å²) < 4.78 is 39.0. The lowest BCUT2D eigenvalue weighted by atomic mass is 9.90. The average Bonchev–Trinajstić information content (AvgIpc) is 2.65. The van der Waals surface area contributed by atoms with Crippen LogP contribution >= 0.6 is 0 Å². The van der Waals surface area contributed by atoms with Crippen LogP contribution in [0, 0.1) is 17.6 Å². The standard InChI is InChI=1S/C15H16F2O2S/c16-13-2-1-3-14(17)12(13)8-15(18)9-6-10-4-5-11(7-9)20(10)19/h1-3,9-11H,4-8H2. The third-order valence-electron chi connectivity index (χ3n) is 4.43. The number of Topliss-reactive ketones (excluding diaryl/α,β-unsaturated/α-hetero) is 1. The molecule has 3 rings (SSSR count). The highest BCUT2D eigenvalue weighted by atomic mass is 32.2. The molecule has 2 unspecified atom stereocenters. The summed E-state index contributed by atoms with van der Waals surface area (Å²) in [6.45, 7) is 0. The first-order valence-electron chi connectivity index (χ1n) is 6.91. The molecule has 0 spiro atoms. The van der Waals surface area contributed by atoms with Gasteiger partial charge in [0.05, 0.1) is 0 Å². The Labute approximate surface area is 119 Å². The number of benzene rings is 1. The summed E-state index contributed by atoms with van der Waals surface area (Å²) >= 11 is 0. The van der Waals surface area contributed by atoms with E-state index in [1.54, 1.807) is 0 Å². The molecule has 0 aliphatic carbocycles. The number of hydrogen-bond donors (Lipinski definition) is 0. The molecule has 108 valence electrons. The molecule has 2 fully saturated rings. The van der Waals surface area contributed by atoms with Gasteiger partial charge < -0.3 is 0 Å². The number of carbonyl (C=O) groups excluding carboxylic acids is 1. The molecule has 2 aliphatic heterocycles. The van der Waals surface area contributed by atoms with Gasteiger partial charge in [-0.15, -0.1) is 0 Å². The number of fused-ring (bicyclic) bond motifs is 2. The third-order valence-corrected chi connectivity index (χ3v) is 6.60. The fraction of sp³-hybridized carbons (Fsp3) is 0.533. The van der Waals surface area contributed by atoms with Crippen LogP contribution in [-0.2, 0) is 22.0 Å². The molecule has 2 atom stereocenters. The normalized spacial score (nSPS) is 32.3. The summed E-state index contributed by atoms with van der Waals surface area (Å²) in [5.74, 6) is -1.65. The molecule has 2 bridgehead atoms. The molecule has 0 N–H and O–H groups in total. The van der Waals surface area contributed by atoms with E-state index in [2.05, 4.69) is 0 Å². The molecule has 5 heteroatoms. The lowest BCUT2D eigenvalue weighted by Crippen LogP contribution is -2.33. The Morgan fingerprint density at radius 2 is 1.70 bits per heavy atom. The number of rotatable bonds is 3. The summed E-state index contributed by atoms with van der Waals surface area (Å²) in [6, 6.07) is 3.64. The molecule has 2 nitrogen and oxygen atoms in total. The molecule has 2 saturated heterocycles. The predicted octanol–water partition coefficient (Wildman–Crippen LogP) is 2.77. The van der Waals surface area contributed by atoms with E-state index in [4.69, 9.17) is 0 Å². The summed E-state index contributed by atoms with van der Waals surface area (Å²) in [6.07, 6.45) is 2.84. The van der Waals surface area contributed by atoms with E-state index < -0.39 is 22.4 Å². The van der Waals surface area contributed by atoms with Crippen molar-refractivity contribution in [1.29, 1.82) is 0 Å². The van der Waals surface area contributed by atoms with Gasteiger partial charge in [-0.25, -0.2) is 8.78 Å². The van der Waals surface area contributed by atoms with E-state index in [0.717, 1.165) is 12.8 Å². The van der Waals surface area contributed by atoms with Crippen molar-refractivity contribution in [3.63, 3.8) is 0 Å². The van der Waals surface area contributed by atoms with E-state index in [9.17, 15) is 17.8 Å². The molecule has 2 heterocycles. The number of ketones is 1. The Morgan fingerprint density at radius 3 is 2.25 bits per heavy atom. The minimum atomic E-state index is -0.811. The van der Waals surface area contributed by atoms with Gasteiger partial charge in [0.15, 0.2) is 0 Å². The minimum absolute atomic E-state index is 0.105. The van der Waals surface area contributed by atoms with Crippen molar-refractivity contribution in [2.24, 2.45) is 5.92 Å². The third kappa shape index (κ3) is 2.43. The predicted molar refractivity (Wildman–Crippen MR) is 72.7 cm³/mol. The Morgan fingerprint density at radius 1 is 1.15 bits per heavy atom. The van der Waals surface area contributed by atoms with Crippen molar-refractivity contribution in [3.05, 3.63) is 35.4 Å². The highest BCUT2D eigenvalue weighted by Crippen LogP contribution is 2.39. The van der Waals surface area contributed by atoms with Gasteiger partial charge in [-0.05, 0) is 37.8 Å². The van der Waals surface area contributed by atoms with Gasteiger partial charge in [-0.3, -0.25) is 9.00 Å². The lowest BCUT2D eigenvalue weighted by Gasteiger charge is -2.26. The van der Waals surface area contributed by atoms with Gasteiger partial charge in [0.2, 0.25) is 0 Å². The van der Waals surface area contributed by atoms with Crippen molar-refractivity contribution in [2.45, 2.75) is 42.6 Å². The number of carbonyl (C=O) groups is 1. The second kappa shape index (κ2) is 5.35. The SMILES string of the molecule is O=C(Cc1c(F)cccc1F)C1CC2CCC(C1)S2=O. The molecule has 1 aromatic carbocycles. The lowest BCUT2D eigenvalue weighted by molar-refractivity contribution is -0.122. The zero-order chi connectivity index (χ0) is 14.3. The maximum Gasteiger partial charge on any atom is 0.140 e. The zero-order valence-corrected chi connectivity index (χ0v) is 11.8. The van der Waals surface area contributed by atoms with Gasteiger partial charge in [0.25, 0.3) is 0 Å². The van der Waals surface area contributed by atoms with Crippen LogP contribution in [0.4, 0.5) is 8.78 Å². The van der Waals surface area contributed by atoms with Gasteiger partial charge in [-0.2, -0.15) is 0 Å². The van der Waals surface area contributed by atoms with Crippen molar-refractivity contribution >= 4 is 16.6 Å². The van der Waals surface area contributed by atoms with Gasteiger partial charge in [0.1, 0.15) is 17.4 Å². The molecule has 1 aromatic rings. The first-order chi connectivity index (χ1) is 9.56. The van der Waals surface area contributed by atoms with Crippen LogP contribution in [0.3, 0.4) is 0 Å². The number of hydrogen-bond acceptors (Lipinski definition) is 2. The van der Waals surface area contributed by atoms with Crippen molar-refractivity contribution in [3.8, 4) is 0 Å². The largest absolute Gasteiger partial charge is 0.299 e. The van der Waals surface area contributed by atoms with Gasteiger partial charge in [-0.1, -0.05) is 6.07 Å². The highest BCUT2D eigenvalue weighted by molar-refractivity contribution is 7.86. The Kier molecular flexibility index (Phi) is 3.71. The van der Waals surface area contributed by atoms with Crippen molar-refractivity contribution in [1.82, 2.24) is 0 Å². The summed E-state index contributed by atoms with van der Waals surface area (Å²) in [4.78, 5) is 12.3. The Hall–Kier alpha value is -1.10. The molecule has 0 radical (unpaired) electrons. The van der Waals surface area contributed by atoms with Crippen LogP contribution in [0.15, 0.2) is 18.2 Å². The van der Waals surface area contributed by atoms with Gasteiger partial charge in [0, 0.05) is 39.2 Å². The molecule has 0 saturated carbocycles. The fourth-order valence-electron chi connectivity index (χ4n) is 3.32. The first-order valence-corrected chi connectivity index (χ1v) is 8.19. The monoisotopic (exact) mass is 298 g/mol. The van der Waals surface area contributed by atoms with Crippen molar-refractivity contribution in [2.75, 3.05) is 0 Å². The second-order valence-electron chi connectivity index (χ2n) is 5.66. The quantitative estimate of drug-likeness (QED) is 0.860. The molecule has 20 heavy (non-hydrogen) atoms. The van der Waals surface area contributed by atoms with E-state index in [-0.39, 0.29) is 34.2 Å². The topological polar surface area (TPSA) is 34.1 Å². The maximum atomic E-state index is 13.6. The Bertz CT molecular complexity index is 537. The molecular weight excluding hydrogens is 282 g/mol. The second-order valence-corrected chi connectivity index (χ2v) is 7.65. The van der Waals surface area contributed by atoms with Crippen LogP contribution in [-0.4, -0.2) is 20.5 Å².